The van der Waals surface area contributed by atoms with E-state index in [4.69, 9.17) is 4.74 Å². The molecule has 26 heavy (non-hydrogen) atoms. The third kappa shape index (κ3) is 4.05. The Balaban J connectivity index is 2.09. The van der Waals surface area contributed by atoms with Gasteiger partial charge in [-0.2, -0.15) is 0 Å². The Bertz CT molecular complexity index is 963. The van der Waals surface area contributed by atoms with Crippen LogP contribution in [0, 0.1) is 0 Å². The number of carboxylic acid groups (broad SMARTS) is 1. The van der Waals surface area contributed by atoms with E-state index in [1.165, 1.54) is 11.3 Å². The predicted octanol–water partition coefficient (Wildman–Crippen LogP) is 5.18. The highest BCUT2D eigenvalue weighted by atomic mass is 79.9. The van der Waals surface area contributed by atoms with Crippen LogP contribution in [-0.2, 0) is 4.79 Å². The molecule has 0 unspecified atom stereocenters. The predicted molar refractivity (Wildman–Crippen MR) is 107 cm³/mol. The van der Waals surface area contributed by atoms with Crippen LogP contribution in [0.5, 0.6) is 11.5 Å². The molecular weight excluding hydrogens is 418 g/mol. The van der Waals surface area contributed by atoms with Gasteiger partial charge >= 0.3 is 5.97 Å². The van der Waals surface area contributed by atoms with Gasteiger partial charge in [0.05, 0.1) is 27.7 Å². The van der Waals surface area contributed by atoms with Gasteiger partial charge in [-0.1, -0.05) is 12.1 Å². The molecule has 0 spiro atoms. The number of aromatic nitrogens is 1. The number of thiazole rings is 1. The van der Waals surface area contributed by atoms with Gasteiger partial charge in [-0.05, 0) is 64.3 Å². The molecule has 0 aliphatic carbocycles. The summed E-state index contributed by atoms with van der Waals surface area (Å²) in [6, 6.07) is 11.1. The van der Waals surface area contributed by atoms with Crippen LogP contribution < -0.4 is 4.74 Å². The third-order valence-electron chi connectivity index (χ3n) is 3.60. The molecule has 0 amide bonds. The van der Waals surface area contributed by atoms with Gasteiger partial charge in [-0.25, -0.2) is 4.98 Å². The largest absolute Gasteiger partial charge is 0.503 e. The zero-order valence-corrected chi connectivity index (χ0v) is 16.3. The van der Waals surface area contributed by atoms with Gasteiger partial charge in [0, 0.05) is 0 Å². The van der Waals surface area contributed by atoms with Crippen LogP contribution >= 0.6 is 27.3 Å². The summed E-state index contributed by atoms with van der Waals surface area (Å²) in [4.78, 5) is 15.9. The number of phenols is 1. The minimum atomic E-state index is -0.932. The lowest BCUT2D eigenvalue weighted by Gasteiger charge is -2.09. The number of phenolic OH excluding ortho intramolecular Hbond substituents is 1. The number of rotatable bonds is 6. The molecule has 1 aromatic heterocycles. The van der Waals surface area contributed by atoms with Crippen molar-refractivity contribution in [2.24, 2.45) is 0 Å². The number of benzene rings is 2. The van der Waals surface area contributed by atoms with Gasteiger partial charge in [0.1, 0.15) is 5.01 Å². The number of carbonyl (C=O) groups is 1. The van der Waals surface area contributed by atoms with Gasteiger partial charge in [0.15, 0.2) is 11.5 Å². The minimum Gasteiger partial charge on any atom is -0.503 e. The Kier molecular flexibility index (Phi) is 5.58. The van der Waals surface area contributed by atoms with Gasteiger partial charge in [-0.15, -0.1) is 11.3 Å². The van der Waals surface area contributed by atoms with Crippen molar-refractivity contribution in [1.29, 1.82) is 0 Å². The number of para-hydroxylation sites is 1. The molecule has 5 nitrogen and oxygen atoms in total. The fourth-order valence-corrected chi connectivity index (χ4v) is 3.94. The number of carboxylic acids is 1. The van der Waals surface area contributed by atoms with E-state index in [0.717, 1.165) is 10.2 Å². The van der Waals surface area contributed by atoms with Crippen molar-refractivity contribution in [2.75, 3.05) is 6.61 Å². The fraction of sp³-hybridized carbons (Fsp3) is 0.158. The lowest BCUT2D eigenvalue weighted by molar-refractivity contribution is -0.135. The van der Waals surface area contributed by atoms with Crippen molar-refractivity contribution in [2.45, 2.75) is 13.3 Å². The van der Waals surface area contributed by atoms with Crippen LogP contribution in [-0.4, -0.2) is 27.8 Å². The zero-order valence-electron chi connectivity index (χ0n) is 13.9. The topological polar surface area (TPSA) is 79.7 Å². The van der Waals surface area contributed by atoms with E-state index >= 15 is 0 Å². The van der Waals surface area contributed by atoms with Crippen LogP contribution in [0.2, 0.25) is 0 Å². The van der Waals surface area contributed by atoms with Crippen LogP contribution in [0.4, 0.5) is 0 Å². The quantitative estimate of drug-likeness (QED) is 0.559. The number of halogens is 1. The summed E-state index contributed by atoms with van der Waals surface area (Å²) in [6.45, 7) is 2.24. The van der Waals surface area contributed by atoms with Crippen molar-refractivity contribution in [3.05, 3.63) is 51.4 Å². The Morgan fingerprint density at radius 1 is 1.35 bits per heavy atom. The molecule has 0 aliphatic rings. The Hall–Kier alpha value is -2.38. The summed E-state index contributed by atoms with van der Waals surface area (Å²) in [6.07, 6.45) is 1.61. The summed E-state index contributed by atoms with van der Waals surface area (Å²) >= 11 is 4.76. The molecule has 7 heteroatoms. The Morgan fingerprint density at radius 2 is 2.12 bits per heavy atom. The first-order chi connectivity index (χ1) is 12.5. The van der Waals surface area contributed by atoms with E-state index in [0.29, 0.717) is 33.0 Å². The summed E-state index contributed by atoms with van der Waals surface area (Å²) in [5, 5.41) is 20.0. The highest BCUT2D eigenvalue weighted by Gasteiger charge is 2.14. The molecule has 1 heterocycles. The van der Waals surface area contributed by atoms with Crippen molar-refractivity contribution in [3.8, 4) is 11.5 Å². The molecule has 2 aromatic carbocycles. The van der Waals surface area contributed by atoms with Crippen LogP contribution in [0.25, 0.3) is 21.9 Å². The lowest BCUT2D eigenvalue weighted by atomic mass is 10.1. The number of nitrogens with zero attached hydrogens (tertiary/aromatic N) is 1. The van der Waals surface area contributed by atoms with E-state index in [2.05, 4.69) is 20.9 Å². The summed E-state index contributed by atoms with van der Waals surface area (Å²) in [5.41, 5.74) is 2.15. The van der Waals surface area contributed by atoms with Crippen LogP contribution in [0.15, 0.2) is 40.9 Å². The normalized spacial score (nSPS) is 11.7. The Labute approximate surface area is 162 Å². The molecule has 0 atom stereocenters. The highest BCUT2D eigenvalue weighted by molar-refractivity contribution is 9.10. The number of hydrogen-bond donors (Lipinski definition) is 2. The zero-order chi connectivity index (χ0) is 18.7. The fourth-order valence-electron chi connectivity index (χ4n) is 2.50. The molecule has 3 aromatic rings. The first-order valence-electron chi connectivity index (χ1n) is 7.91. The first kappa shape index (κ1) is 18.4. The second kappa shape index (κ2) is 7.88. The maximum atomic E-state index is 11.3. The molecule has 134 valence electrons. The van der Waals surface area contributed by atoms with Crippen molar-refractivity contribution < 1.29 is 19.7 Å². The van der Waals surface area contributed by atoms with Gasteiger partial charge in [0.2, 0.25) is 0 Å². The van der Waals surface area contributed by atoms with E-state index in [9.17, 15) is 15.0 Å². The average molecular weight is 434 g/mol. The number of aromatic hydroxyl groups is 1. The van der Waals surface area contributed by atoms with Crippen LogP contribution in [0.1, 0.15) is 23.9 Å². The minimum absolute atomic E-state index is 0.0174. The SMILES string of the molecule is CCOc1cc(/C=C(/CC(=O)O)c2nc3ccccc3s2)cc(Br)c1O. The van der Waals surface area contributed by atoms with E-state index < -0.39 is 5.97 Å². The summed E-state index contributed by atoms with van der Waals surface area (Å²) < 4.78 is 6.92. The number of ether oxygens (including phenoxy) is 1. The molecule has 0 radical (unpaired) electrons. The Morgan fingerprint density at radius 3 is 2.81 bits per heavy atom. The highest BCUT2D eigenvalue weighted by Crippen LogP contribution is 2.37. The molecule has 0 saturated carbocycles. The lowest BCUT2D eigenvalue weighted by Crippen LogP contribution is -1.97. The van der Waals surface area contributed by atoms with Crippen molar-refractivity contribution in [3.63, 3.8) is 0 Å². The maximum absolute atomic E-state index is 11.3. The van der Waals surface area contributed by atoms with Gasteiger partial charge in [0.25, 0.3) is 0 Å². The van der Waals surface area contributed by atoms with Gasteiger partial charge < -0.3 is 14.9 Å². The van der Waals surface area contributed by atoms with Crippen molar-refractivity contribution in [1.82, 2.24) is 4.98 Å². The summed E-state index contributed by atoms with van der Waals surface area (Å²) in [7, 11) is 0. The van der Waals surface area contributed by atoms with Crippen LogP contribution in [0.3, 0.4) is 0 Å². The monoisotopic (exact) mass is 433 g/mol. The second-order valence-electron chi connectivity index (χ2n) is 5.51. The standard InChI is InChI=1S/C19H16BrNO4S/c1-2-25-15-9-11(8-13(20)18(15)24)7-12(10-17(22)23)19-21-14-5-3-4-6-16(14)26-19/h3-9,24H,2,10H2,1H3,(H,22,23)/b12-7-. The van der Waals surface area contributed by atoms with E-state index in [1.807, 2.05) is 31.2 Å². The first-order valence-corrected chi connectivity index (χ1v) is 9.52. The average Bonchev–Trinajstić information content (AvgIpc) is 3.02. The molecule has 3 rings (SSSR count). The van der Waals surface area contributed by atoms with E-state index in [1.54, 1.807) is 18.2 Å². The molecule has 0 saturated heterocycles. The number of hydrogen-bond acceptors (Lipinski definition) is 5. The van der Waals surface area contributed by atoms with E-state index in [-0.39, 0.29) is 12.2 Å². The summed E-state index contributed by atoms with van der Waals surface area (Å²) in [5.74, 6) is -0.575. The molecule has 0 bridgehead atoms. The molecule has 0 fully saturated rings. The second-order valence-corrected chi connectivity index (χ2v) is 7.39. The molecule has 0 aliphatic heterocycles. The molecular formula is C19H16BrNO4S. The van der Waals surface area contributed by atoms with Gasteiger partial charge in [-0.3, -0.25) is 4.79 Å². The maximum Gasteiger partial charge on any atom is 0.307 e. The number of fused-ring (bicyclic) bond motifs is 1. The number of aliphatic carboxylic acids is 1. The smallest absolute Gasteiger partial charge is 0.307 e. The third-order valence-corrected chi connectivity index (χ3v) is 5.32. The molecule has 2 N–H and O–H groups in total. The van der Waals surface area contributed by atoms with Crippen molar-refractivity contribution >= 4 is 55.1 Å².